The van der Waals surface area contributed by atoms with Crippen LogP contribution in [0.5, 0.6) is 0 Å². The summed E-state index contributed by atoms with van der Waals surface area (Å²) in [4.78, 5) is 27.6. The molecule has 0 fully saturated rings. The molecule has 134 valence electrons. The lowest BCUT2D eigenvalue weighted by atomic mass is 10.2. The van der Waals surface area contributed by atoms with Crippen molar-refractivity contribution in [2.24, 2.45) is 5.92 Å². The Morgan fingerprint density at radius 2 is 2.00 bits per heavy atom. The Labute approximate surface area is 147 Å². The minimum Gasteiger partial charge on any atom is -0.333 e. The highest BCUT2D eigenvalue weighted by atomic mass is 16.2. The van der Waals surface area contributed by atoms with Crippen LogP contribution in [-0.2, 0) is 17.9 Å². The van der Waals surface area contributed by atoms with Gasteiger partial charge in [-0.15, -0.1) is 0 Å². The number of nitrogens with one attached hydrogen (secondary N) is 3. The third-order valence-electron chi connectivity index (χ3n) is 3.58. The average molecular weight is 343 g/mol. The molecule has 1 heterocycles. The van der Waals surface area contributed by atoms with Crippen LogP contribution in [0.25, 0.3) is 0 Å². The van der Waals surface area contributed by atoms with Gasteiger partial charge < -0.3 is 20.5 Å². The molecule has 2 rings (SSSR count). The van der Waals surface area contributed by atoms with Crippen molar-refractivity contribution in [1.29, 1.82) is 0 Å². The first-order valence-electron chi connectivity index (χ1n) is 8.28. The number of benzene rings is 1. The van der Waals surface area contributed by atoms with Crippen LogP contribution in [0.2, 0.25) is 0 Å². The van der Waals surface area contributed by atoms with Gasteiger partial charge >= 0.3 is 6.03 Å². The summed E-state index contributed by atoms with van der Waals surface area (Å²) in [6.45, 7) is 8.80. The molecule has 0 spiro atoms. The van der Waals surface area contributed by atoms with E-state index in [9.17, 15) is 9.59 Å². The van der Waals surface area contributed by atoms with Crippen molar-refractivity contribution >= 4 is 23.3 Å². The van der Waals surface area contributed by atoms with E-state index < -0.39 is 0 Å². The van der Waals surface area contributed by atoms with Crippen LogP contribution in [0, 0.1) is 12.8 Å². The molecule has 0 unspecified atom stereocenters. The Balaban J connectivity index is 1.96. The molecule has 3 amide bonds. The van der Waals surface area contributed by atoms with Gasteiger partial charge in [-0.25, -0.2) is 9.78 Å². The lowest BCUT2D eigenvalue weighted by Crippen LogP contribution is -2.30. The number of carbonyl (C=O) groups is 2. The van der Waals surface area contributed by atoms with E-state index in [4.69, 9.17) is 0 Å². The summed E-state index contributed by atoms with van der Waals surface area (Å²) in [6.07, 6.45) is 3.65. The van der Waals surface area contributed by atoms with E-state index in [1.807, 2.05) is 23.8 Å². The lowest BCUT2D eigenvalue weighted by Gasteiger charge is -2.13. The fourth-order valence-corrected chi connectivity index (χ4v) is 2.43. The number of carbonyl (C=O) groups excluding carboxylic acids is 2. The molecular weight excluding hydrogens is 318 g/mol. The molecule has 1 aromatic heterocycles. The molecule has 0 aliphatic heterocycles. The van der Waals surface area contributed by atoms with Gasteiger partial charge in [-0.05, 0) is 30.5 Å². The summed E-state index contributed by atoms with van der Waals surface area (Å²) < 4.78 is 2.04. The van der Waals surface area contributed by atoms with Crippen LogP contribution in [0.1, 0.15) is 32.2 Å². The second kappa shape index (κ2) is 8.32. The van der Waals surface area contributed by atoms with Crippen molar-refractivity contribution in [2.45, 2.75) is 40.8 Å². The third-order valence-corrected chi connectivity index (χ3v) is 3.58. The fourth-order valence-electron chi connectivity index (χ4n) is 2.43. The van der Waals surface area contributed by atoms with Gasteiger partial charge in [-0.1, -0.05) is 19.9 Å². The van der Waals surface area contributed by atoms with Crippen molar-refractivity contribution < 1.29 is 9.59 Å². The molecule has 0 atom stereocenters. The van der Waals surface area contributed by atoms with E-state index in [1.165, 1.54) is 6.92 Å². The lowest BCUT2D eigenvalue weighted by molar-refractivity contribution is -0.114. The maximum Gasteiger partial charge on any atom is 0.319 e. The van der Waals surface area contributed by atoms with E-state index in [0.29, 0.717) is 23.8 Å². The molecule has 0 aliphatic carbocycles. The van der Waals surface area contributed by atoms with E-state index >= 15 is 0 Å². The molecule has 0 saturated heterocycles. The van der Waals surface area contributed by atoms with E-state index in [2.05, 4.69) is 34.8 Å². The summed E-state index contributed by atoms with van der Waals surface area (Å²) in [5.41, 5.74) is 2.20. The molecule has 7 nitrogen and oxygen atoms in total. The molecular formula is C18H25N5O2. The molecule has 2 aromatic rings. The van der Waals surface area contributed by atoms with Crippen LogP contribution in [0.15, 0.2) is 30.6 Å². The Morgan fingerprint density at radius 3 is 2.68 bits per heavy atom. The normalized spacial score (nSPS) is 10.6. The molecule has 0 aliphatic rings. The van der Waals surface area contributed by atoms with Gasteiger partial charge in [0.2, 0.25) is 5.91 Å². The molecule has 3 N–H and O–H groups in total. The molecule has 25 heavy (non-hydrogen) atoms. The monoisotopic (exact) mass is 343 g/mol. The number of hydrogen-bond acceptors (Lipinski definition) is 3. The summed E-state index contributed by atoms with van der Waals surface area (Å²) in [5, 5.41) is 8.32. The topological polar surface area (TPSA) is 88.1 Å². The number of aromatic nitrogens is 2. The molecule has 0 saturated carbocycles. The van der Waals surface area contributed by atoms with Crippen molar-refractivity contribution in [3.05, 3.63) is 42.0 Å². The summed E-state index contributed by atoms with van der Waals surface area (Å²) in [6, 6.07) is 5.05. The smallest absolute Gasteiger partial charge is 0.319 e. The Morgan fingerprint density at radius 1 is 1.24 bits per heavy atom. The van der Waals surface area contributed by atoms with Crippen LogP contribution in [0.4, 0.5) is 16.2 Å². The summed E-state index contributed by atoms with van der Waals surface area (Å²) >= 11 is 0. The zero-order valence-corrected chi connectivity index (χ0v) is 15.1. The number of amides is 3. The first-order chi connectivity index (χ1) is 11.8. The number of anilines is 2. The SMILES string of the molecule is CC(=O)Nc1ccc(C)c(NC(=O)NCc2nccn2CC(C)C)c1. The van der Waals surface area contributed by atoms with Crippen molar-refractivity contribution in [3.63, 3.8) is 0 Å². The van der Waals surface area contributed by atoms with Crippen LogP contribution >= 0.6 is 0 Å². The number of hydrogen-bond donors (Lipinski definition) is 3. The summed E-state index contributed by atoms with van der Waals surface area (Å²) in [7, 11) is 0. The number of urea groups is 1. The van der Waals surface area contributed by atoms with E-state index in [-0.39, 0.29) is 11.9 Å². The average Bonchev–Trinajstić information content (AvgIpc) is 2.94. The van der Waals surface area contributed by atoms with Crippen molar-refractivity contribution in [3.8, 4) is 0 Å². The molecule has 1 aromatic carbocycles. The maximum atomic E-state index is 12.2. The number of aryl methyl sites for hydroxylation is 1. The molecule has 7 heteroatoms. The van der Waals surface area contributed by atoms with Gasteiger partial charge in [0, 0.05) is 37.2 Å². The van der Waals surface area contributed by atoms with Gasteiger partial charge in [-0.3, -0.25) is 4.79 Å². The number of rotatable bonds is 6. The van der Waals surface area contributed by atoms with Crippen molar-refractivity contribution in [2.75, 3.05) is 10.6 Å². The first kappa shape index (κ1) is 18.5. The second-order valence-electron chi connectivity index (χ2n) is 6.41. The largest absolute Gasteiger partial charge is 0.333 e. The second-order valence-corrected chi connectivity index (χ2v) is 6.41. The van der Waals surface area contributed by atoms with Gasteiger partial charge in [0.15, 0.2) is 0 Å². The quantitative estimate of drug-likeness (QED) is 0.753. The Bertz CT molecular complexity index is 752. The minimum atomic E-state index is -0.317. The zero-order chi connectivity index (χ0) is 18.4. The molecule has 0 radical (unpaired) electrons. The Hall–Kier alpha value is -2.83. The third kappa shape index (κ3) is 5.63. The van der Waals surface area contributed by atoms with Gasteiger partial charge in [0.05, 0.1) is 6.54 Å². The zero-order valence-electron chi connectivity index (χ0n) is 15.1. The van der Waals surface area contributed by atoms with Crippen LogP contribution < -0.4 is 16.0 Å². The Kier molecular flexibility index (Phi) is 6.16. The first-order valence-corrected chi connectivity index (χ1v) is 8.28. The van der Waals surface area contributed by atoms with E-state index in [1.54, 1.807) is 18.3 Å². The summed E-state index contributed by atoms with van der Waals surface area (Å²) in [5.74, 6) is 1.16. The highest BCUT2D eigenvalue weighted by Gasteiger charge is 2.09. The van der Waals surface area contributed by atoms with Crippen LogP contribution in [-0.4, -0.2) is 21.5 Å². The highest BCUT2D eigenvalue weighted by Crippen LogP contribution is 2.20. The number of imidazole rings is 1. The van der Waals surface area contributed by atoms with Gasteiger partial charge in [0.1, 0.15) is 5.82 Å². The molecule has 0 bridgehead atoms. The minimum absolute atomic E-state index is 0.156. The van der Waals surface area contributed by atoms with Crippen LogP contribution in [0.3, 0.4) is 0 Å². The maximum absolute atomic E-state index is 12.2. The highest BCUT2D eigenvalue weighted by molar-refractivity contribution is 5.93. The van der Waals surface area contributed by atoms with Gasteiger partial charge in [0.25, 0.3) is 0 Å². The van der Waals surface area contributed by atoms with E-state index in [0.717, 1.165) is 17.9 Å². The number of nitrogens with zero attached hydrogens (tertiary/aromatic N) is 2. The standard InChI is InChI=1S/C18H25N5O2/c1-12(2)11-23-8-7-19-17(23)10-20-18(25)22-16-9-15(21-14(4)24)6-5-13(16)3/h5-9,12H,10-11H2,1-4H3,(H,21,24)(H2,20,22,25). The predicted molar refractivity (Wildman–Crippen MR) is 98.4 cm³/mol. The fraction of sp³-hybridized carbons (Fsp3) is 0.389. The van der Waals surface area contributed by atoms with Gasteiger partial charge in [-0.2, -0.15) is 0 Å². The van der Waals surface area contributed by atoms with Crippen molar-refractivity contribution in [1.82, 2.24) is 14.9 Å². The predicted octanol–water partition coefficient (Wildman–Crippen LogP) is 3.13.